The maximum absolute atomic E-state index is 13.9. The van der Waals surface area contributed by atoms with E-state index in [1.807, 2.05) is 24.3 Å². The summed E-state index contributed by atoms with van der Waals surface area (Å²) in [4.78, 5) is 62.2. The van der Waals surface area contributed by atoms with Crippen molar-refractivity contribution < 1.29 is 29.3 Å². The van der Waals surface area contributed by atoms with Crippen LogP contribution in [0.5, 0.6) is 0 Å². The number of benzene rings is 4. The monoisotopic (exact) mass is 585 g/mol. The predicted octanol–water partition coefficient (Wildman–Crippen LogP) is 5.50. The van der Waals surface area contributed by atoms with Crippen LogP contribution in [0.2, 0.25) is 0 Å². The van der Waals surface area contributed by atoms with E-state index in [2.05, 4.69) is 10.6 Å². The summed E-state index contributed by atoms with van der Waals surface area (Å²) in [6, 6.07) is 21.5. The molecular weight excluding hydrogens is 566 g/mol. The molecule has 0 bridgehead atoms. The fourth-order valence-corrected chi connectivity index (χ4v) is 5.37. The van der Waals surface area contributed by atoms with E-state index >= 15 is 0 Å². The highest BCUT2D eigenvalue weighted by atomic mass is 32.2. The first kappa shape index (κ1) is 27.8. The Morgan fingerprint density at radius 1 is 0.786 bits per heavy atom. The van der Waals surface area contributed by atoms with Gasteiger partial charge in [-0.25, -0.2) is 0 Å². The highest BCUT2D eigenvalue weighted by molar-refractivity contribution is 7.99. The number of carboxylic acids is 1. The molecule has 5 rings (SSSR count). The number of carbonyl (C=O) groups excluding carboxylic acids is 2. The molecule has 0 saturated heterocycles. The third kappa shape index (κ3) is 5.46. The van der Waals surface area contributed by atoms with Crippen molar-refractivity contribution in [3.63, 3.8) is 0 Å². The van der Waals surface area contributed by atoms with E-state index in [0.717, 1.165) is 21.9 Å². The number of anilines is 4. The zero-order valence-corrected chi connectivity index (χ0v) is 22.2. The van der Waals surface area contributed by atoms with Gasteiger partial charge in [-0.15, -0.1) is 0 Å². The number of para-hydroxylation sites is 2. The molecule has 2 amide bonds. The van der Waals surface area contributed by atoms with E-state index in [-0.39, 0.29) is 16.8 Å². The number of nitro groups is 2. The van der Waals surface area contributed by atoms with Gasteiger partial charge < -0.3 is 15.7 Å². The molecule has 42 heavy (non-hydrogen) atoms. The molecule has 0 fully saturated rings. The topological polar surface area (TPSA) is 185 Å². The lowest BCUT2D eigenvalue weighted by Crippen LogP contribution is -2.29. The minimum atomic E-state index is -1.23. The van der Waals surface area contributed by atoms with Crippen molar-refractivity contribution in [2.75, 3.05) is 16.8 Å². The zero-order valence-electron chi connectivity index (χ0n) is 21.3. The molecule has 0 unspecified atom stereocenters. The third-order valence-corrected chi connectivity index (χ3v) is 7.32. The van der Waals surface area contributed by atoms with Crippen LogP contribution in [0, 0.1) is 20.2 Å². The quantitative estimate of drug-likeness (QED) is 0.176. The lowest BCUT2D eigenvalue weighted by Gasteiger charge is -2.31. The second kappa shape index (κ2) is 11.4. The van der Waals surface area contributed by atoms with E-state index in [0.29, 0.717) is 11.4 Å². The van der Waals surface area contributed by atoms with Crippen LogP contribution in [0.3, 0.4) is 0 Å². The molecule has 4 aromatic carbocycles. The molecular formula is C28H19N5O8S. The Kier molecular flexibility index (Phi) is 7.53. The van der Waals surface area contributed by atoms with Gasteiger partial charge >= 0.3 is 17.3 Å². The van der Waals surface area contributed by atoms with Gasteiger partial charge in [0.2, 0.25) is 0 Å². The van der Waals surface area contributed by atoms with Crippen LogP contribution >= 0.6 is 11.8 Å². The second-order valence-electron chi connectivity index (χ2n) is 8.86. The Hall–Kier alpha value is -5.76. The number of nitrogens with zero attached hydrogens (tertiary/aromatic N) is 3. The Labute approximate surface area is 241 Å². The molecule has 0 saturated carbocycles. The van der Waals surface area contributed by atoms with Crippen LogP contribution < -0.4 is 15.5 Å². The lowest BCUT2D eigenvalue weighted by molar-refractivity contribution is -0.392. The van der Waals surface area contributed by atoms with Crippen LogP contribution in [-0.4, -0.2) is 39.3 Å². The maximum Gasteiger partial charge on any atom is 0.322 e. The van der Waals surface area contributed by atoms with E-state index in [1.165, 1.54) is 40.9 Å². The highest BCUT2D eigenvalue weighted by Crippen LogP contribution is 2.49. The van der Waals surface area contributed by atoms with Crippen molar-refractivity contribution in [1.82, 2.24) is 5.32 Å². The lowest BCUT2D eigenvalue weighted by atomic mass is 10.1. The van der Waals surface area contributed by atoms with Crippen LogP contribution in [0.15, 0.2) is 94.7 Å². The van der Waals surface area contributed by atoms with Crippen LogP contribution in [0.1, 0.15) is 20.7 Å². The van der Waals surface area contributed by atoms with Gasteiger partial charge in [0.05, 0.1) is 26.8 Å². The Morgan fingerprint density at radius 2 is 1.31 bits per heavy atom. The van der Waals surface area contributed by atoms with Crippen molar-refractivity contribution in [2.24, 2.45) is 0 Å². The van der Waals surface area contributed by atoms with Gasteiger partial charge in [-0.2, -0.15) is 0 Å². The largest absolute Gasteiger partial charge is 0.480 e. The van der Waals surface area contributed by atoms with Gasteiger partial charge in [-0.1, -0.05) is 36.0 Å². The van der Waals surface area contributed by atoms with E-state index in [1.54, 1.807) is 24.3 Å². The average Bonchev–Trinajstić information content (AvgIpc) is 2.98. The molecule has 13 nitrogen and oxygen atoms in total. The van der Waals surface area contributed by atoms with E-state index in [4.69, 9.17) is 5.11 Å². The average molecular weight is 586 g/mol. The maximum atomic E-state index is 13.9. The van der Waals surface area contributed by atoms with Crippen molar-refractivity contribution in [3.8, 4) is 0 Å². The summed E-state index contributed by atoms with van der Waals surface area (Å²) in [6.07, 6.45) is 0. The Balaban J connectivity index is 1.53. The summed E-state index contributed by atoms with van der Waals surface area (Å²) in [6.45, 7) is -0.588. The molecule has 0 aliphatic carbocycles. The van der Waals surface area contributed by atoms with Gasteiger partial charge in [0, 0.05) is 33.2 Å². The molecule has 0 spiro atoms. The summed E-state index contributed by atoms with van der Waals surface area (Å²) in [5.74, 6) is -2.58. The van der Waals surface area contributed by atoms with Gasteiger partial charge in [0.15, 0.2) is 5.69 Å². The van der Waals surface area contributed by atoms with Gasteiger partial charge in [-0.3, -0.25) is 39.5 Å². The number of aliphatic carboxylic acids is 1. The molecule has 0 aromatic heterocycles. The van der Waals surface area contributed by atoms with Crippen molar-refractivity contribution in [3.05, 3.63) is 116 Å². The number of nitrogens with one attached hydrogen (secondary N) is 2. The van der Waals surface area contributed by atoms with E-state index in [9.17, 15) is 34.6 Å². The standard InChI is InChI=1S/C28H19N5O8S/c34-25(35)15-29-27(36)16-9-11-18(12-10-16)30-26-21(32(38)39)13-17(14-22(26)33(40)41)28(37)31-19-5-1-3-7-23(19)42-24-8-4-2-6-20(24)31/h1-14,30H,15H2,(H,29,36)(H,34,35). The molecule has 0 atom stereocenters. The summed E-state index contributed by atoms with van der Waals surface area (Å²) < 4.78 is 0. The predicted molar refractivity (Wildman–Crippen MR) is 153 cm³/mol. The van der Waals surface area contributed by atoms with Crippen molar-refractivity contribution >= 4 is 63.7 Å². The first-order valence-corrected chi connectivity index (χ1v) is 13.0. The number of carbonyl (C=O) groups is 3. The first-order valence-electron chi connectivity index (χ1n) is 12.2. The first-order chi connectivity index (χ1) is 20.1. The Bertz CT molecular complexity index is 1700. The van der Waals surface area contributed by atoms with Crippen LogP contribution in [-0.2, 0) is 4.79 Å². The van der Waals surface area contributed by atoms with Gasteiger partial charge in [0.25, 0.3) is 11.8 Å². The van der Waals surface area contributed by atoms with Crippen molar-refractivity contribution in [1.29, 1.82) is 0 Å². The minimum absolute atomic E-state index is 0.104. The van der Waals surface area contributed by atoms with Crippen LogP contribution in [0.25, 0.3) is 0 Å². The molecule has 4 aromatic rings. The zero-order chi connectivity index (χ0) is 30.0. The summed E-state index contributed by atoms with van der Waals surface area (Å²) in [5.41, 5.74) is -0.788. The molecule has 14 heteroatoms. The third-order valence-electron chi connectivity index (χ3n) is 6.19. The molecule has 3 N–H and O–H groups in total. The molecule has 1 heterocycles. The summed E-state index contributed by atoms with van der Waals surface area (Å²) in [7, 11) is 0. The smallest absolute Gasteiger partial charge is 0.322 e. The molecule has 0 radical (unpaired) electrons. The number of carboxylic acid groups (broad SMARTS) is 1. The van der Waals surface area contributed by atoms with Gasteiger partial charge in [-0.05, 0) is 48.5 Å². The number of rotatable bonds is 8. The van der Waals surface area contributed by atoms with Gasteiger partial charge in [0.1, 0.15) is 6.54 Å². The normalized spacial score (nSPS) is 11.6. The molecule has 210 valence electrons. The Morgan fingerprint density at radius 3 is 1.81 bits per heavy atom. The van der Waals surface area contributed by atoms with E-state index < -0.39 is 51.2 Å². The molecule has 1 aliphatic rings. The number of hydrogen-bond donors (Lipinski definition) is 3. The number of amides is 2. The summed E-state index contributed by atoms with van der Waals surface area (Å²) >= 11 is 1.45. The summed E-state index contributed by atoms with van der Waals surface area (Å²) in [5, 5.41) is 37.8. The minimum Gasteiger partial charge on any atom is -0.480 e. The SMILES string of the molecule is O=C(O)CNC(=O)c1ccc(Nc2c([N+](=O)[O-])cc(C(=O)N3c4ccccc4Sc4ccccc43)cc2[N+](=O)[O-])cc1. The highest BCUT2D eigenvalue weighted by Gasteiger charge is 2.33. The second-order valence-corrected chi connectivity index (χ2v) is 9.94. The fraction of sp³-hybridized carbons (Fsp3) is 0.0357. The van der Waals surface area contributed by atoms with Crippen LogP contribution in [0.4, 0.5) is 34.1 Å². The molecule has 1 aliphatic heterocycles. The van der Waals surface area contributed by atoms with Crippen molar-refractivity contribution in [2.45, 2.75) is 9.79 Å². The fourth-order valence-electron chi connectivity index (χ4n) is 4.31. The number of fused-ring (bicyclic) bond motifs is 2. The number of hydrogen-bond acceptors (Lipinski definition) is 9. The number of nitro benzene ring substituents is 2.